The molecule has 262 valence electrons. The highest BCUT2D eigenvalue weighted by Gasteiger charge is 2.50. The van der Waals surface area contributed by atoms with Gasteiger partial charge in [0, 0.05) is 28.6 Å². The van der Waals surface area contributed by atoms with Crippen molar-refractivity contribution in [3.63, 3.8) is 0 Å². The Hall–Kier alpha value is 0.497. The number of hydrogen-bond donors (Lipinski definition) is 0. The molecule has 0 radical (unpaired) electrons. The van der Waals surface area contributed by atoms with Crippen LogP contribution in [0, 0.1) is 0 Å². The molecule has 5 heterocycles. The zero-order chi connectivity index (χ0) is 33.2. The molecule has 1 aliphatic heterocycles. The van der Waals surface area contributed by atoms with E-state index >= 15 is 0 Å². The summed E-state index contributed by atoms with van der Waals surface area (Å²) in [6.07, 6.45) is 30.1. The zero-order valence-electron chi connectivity index (χ0n) is 29.9. The van der Waals surface area contributed by atoms with E-state index in [1.165, 1.54) is 161 Å². The molecular weight excluding hydrogens is 797 g/mol. The summed E-state index contributed by atoms with van der Waals surface area (Å²) in [5.41, 5.74) is 3.28. The minimum atomic E-state index is -1.94. The quantitative estimate of drug-likeness (QED) is 0.0486. The Morgan fingerprint density at radius 3 is 1.13 bits per heavy atom. The minimum absolute atomic E-state index is 1.24. The van der Waals surface area contributed by atoms with E-state index in [-0.39, 0.29) is 0 Å². The van der Waals surface area contributed by atoms with E-state index in [1.807, 2.05) is 10.4 Å². The van der Waals surface area contributed by atoms with Crippen LogP contribution in [0.15, 0.2) is 7.57 Å². The number of hydrogen-bond acceptors (Lipinski definition) is 4. The van der Waals surface area contributed by atoms with Crippen LogP contribution in [0.4, 0.5) is 0 Å². The Bertz CT molecular complexity index is 1420. The molecule has 0 spiro atoms. The van der Waals surface area contributed by atoms with Crippen molar-refractivity contribution in [1.82, 2.24) is 0 Å². The third kappa shape index (κ3) is 8.76. The summed E-state index contributed by atoms with van der Waals surface area (Å²) in [4.78, 5) is 3.46. The Morgan fingerprint density at radius 2 is 0.745 bits per heavy atom. The van der Waals surface area contributed by atoms with E-state index in [2.05, 4.69) is 105 Å². The van der Waals surface area contributed by atoms with Gasteiger partial charge in [0.2, 0.25) is 0 Å². The van der Waals surface area contributed by atoms with Gasteiger partial charge in [-0.05, 0) is 91.1 Å². The molecule has 0 atom stereocenters. The summed E-state index contributed by atoms with van der Waals surface area (Å²) in [5, 5.41) is 3.81. The summed E-state index contributed by atoms with van der Waals surface area (Å²) in [7, 11) is -1.94. The number of rotatable bonds is 24. The van der Waals surface area contributed by atoms with Crippen molar-refractivity contribution >= 4 is 114 Å². The first kappa shape index (κ1) is 38.7. The van der Waals surface area contributed by atoms with E-state index in [9.17, 15) is 0 Å². The monoisotopic (exact) mass is 854 g/mol. The van der Waals surface area contributed by atoms with Crippen molar-refractivity contribution in [2.45, 2.75) is 181 Å². The Kier molecular flexibility index (Phi) is 16.0. The maximum atomic E-state index is 4.13. The second-order valence-corrected chi connectivity index (χ2v) is 25.3. The van der Waals surface area contributed by atoms with Gasteiger partial charge in [-0.2, -0.15) is 0 Å². The van der Waals surface area contributed by atoms with Crippen molar-refractivity contribution in [2.75, 3.05) is 0 Å². The number of aryl methyl sites for hydroxylation is 2. The summed E-state index contributed by atoms with van der Waals surface area (Å²) < 4.78 is 9.61. The first-order chi connectivity index (χ1) is 23.0. The van der Waals surface area contributed by atoms with Crippen molar-refractivity contribution in [3.8, 4) is 9.75 Å². The van der Waals surface area contributed by atoms with Gasteiger partial charge in [-0.3, -0.25) is 0 Å². The SMILES string of the molecule is CCCCCCCC[Si]1(CCCCCCCC)c2c(sc3c(CCCCCC)c(Br)sc23)-c2sc3c(CCCCCC)c(Br)sc3c21. The average molecular weight is 857 g/mol. The van der Waals surface area contributed by atoms with Crippen LogP contribution in [0.25, 0.3) is 28.6 Å². The van der Waals surface area contributed by atoms with E-state index in [4.69, 9.17) is 0 Å². The fourth-order valence-electron chi connectivity index (χ4n) is 8.14. The van der Waals surface area contributed by atoms with Crippen LogP contribution in [0.5, 0.6) is 0 Å². The fraction of sp³-hybridized carbons (Fsp3) is 0.700. The number of unbranched alkanes of at least 4 members (excludes halogenated alkanes) is 16. The summed E-state index contributed by atoms with van der Waals surface area (Å²) in [6.45, 7) is 9.36. The zero-order valence-corrected chi connectivity index (χ0v) is 37.3. The number of halogens is 2. The molecule has 4 aromatic heterocycles. The lowest BCUT2D eigenvalue weighted by atomic mass is 10.1. The van der Waals surface area contributed by atoms with Crippen LogP contribution in [0.3, 0.4) is 0 Å². The Labute approximate surface area is 321 Å². The van der Waals surface area contributed by atoms with Gasteiger partial charge in [-0.15, -0.1) is 45.3 Å². The van der Waals surface area contributed by atoms with Crippen LogP contribution in [0.1, 0.15) is 167 Å². The molecule has 0 saturated carbocycles. The lowest BCUT2D eigenvalue weighted by Crippen LogP contribution is -2.54. The molecule has 0 bridgehead atoms. The smallest absolute Gasteiger partial charge is 0.125 e. The summed E-state index contributed by atoms with van der Waals surface area (Å²) >= 11 is 16.9. The molecule has 47 heavy (non-hydrogen) atoms. The second kappa shape index (κ2) is 19.4. The molecule has 0 unspecified atom stereocenters. The largest absolute Gasteiger partial charge is 0.133 e. The van der Waals surface area contributed by atoms with E-state index in [0.29, 0.717) is 0 Å². The molecular formula is C40H60Br2S4Si. The highest BCUT2D eigenvalue weighted by atomic mass is 79.9. The fourth-order valence-corrected chi connectivity index (χ4v) is 24.0. The van der Waals surface area contributed by atoms with Gasteiger partial charge in [-0.25, -0.2) is 0 Å². The lowest BCUT2D eigenvalue weighted by molar-refractivity contribution is 0.616. The van der Waals surface area contributed by atoms with Crippen LogP contribution in [-0.2, 0) is 12.8 Å². The lowest BCUT2D eigenvalue weighted by Gasteiger charge is -2.29. The van der Waals surface area contributed by atoms with Crippen molar-refractivity contribution in [3.05, 3.63) is 18.7 Å². The van der Waals surface area contributed by atoms with E-state index in [0.717, 1.165) is 0 Å². The van der Waals surface area contributed by atoms with Gasteiger partial charge in [0.1, 0.15) is 8.07 Å². The van der Waals surface area contributed by atoms with Crippen LogP contribution in [-0.4, -0.2) is 8.07 Å². The minimum Gasteiger partial charge on any atom is -0.133 e. The second-order valence-electron chi connectivity index (χ2n) is 14.4. The van der Waals surface area contributed by atoms with Crippen molar-refractivity contribution in [1.29, 1.82) is 0 Å². The molecule has 0 fully saturated rings. The number of thiophene rings is 4. The molecule has 4 aromatic rings. The van der Waals surface area contributed by atoms with Gasteiger partial charge in [0.05, 0.1) is 7.57 Å². The van der Waals surface area contributed by atoms with Gasteiger partial charge in [-0.1, -0.05) is 143 Å². The normalized spacial score (nSPS) is 13.8. The molecule has 0 aliphatic carbocycles. The predicted octanol–water partition coefficient (Wildman–Crippen LogP) is 16.3. The highest BCUT2D eigenvalue weighted by molar-refractivity contribution is 9.11. The Balaban J connectivity index is 1.59. The van der Waals surface area contributed by atoms with E-state index < -0.39 is 8.07 Å². The summed E-state index contributed by atoms with van der Waals surface area (Å²) in [5.74, 6) is 0. The standard InChI is InChI=1S/C40H60Br2S4Si/c1-5-9-13-17-19-23-27-47(28-24-20-18-14-10-6-2)37-33-31(29(39(41)45-33)25-21-15-11-7-3)43-35(37)36-38(47)34-32(44-36)30(40(42)46-34)26-22-16-12-8-4/h5-28H2,1-4H3. The van der Waals surface area contributed by atoms with Crippen molar-refractivity contribution < 1.29 is 0 Å². The van der Waals surface area contributed by atoms with Crippen LogP contribution < -0.4 is 10.4 Å². The molecule has 0 aromatic carbocycles. The molecule has 5 rings (SSSR count). The molecule has 0 nitrogen and oxygen atoms in total. The molecule has 0 amide bonds. The predicted molar refractivity (Wildman–Crippen MR) is 231 cm³/mol. The first-order valence-electron chi connectivity index (χ1n) is 19.5. The first-order valence-corrected chi connectivity index (χ1v) is 26.8. The maximum absolute atomic E-state index is 4.13. The molecule has 0 N–H and O–H groups in total. The topological polar surface area (TPSA) is 0 Å². The highest BCUT2D eigenvalue weighted by Crippen LogP contribution is 2.54. The van der Waals surface area contributed by atoms with Gasteiger partial charge < -0.3 is 0 Å². The molecule has 1 aliphatic rings. The van der Waals surface area contributed by atoms with Crippen LogP contribution >= 0.6 is 77.2 Å². The van der Waals surface area contributed by atoms with Gasteiger partial charge in [0.25, 0.3) is 0 Å². The summed E-state index contributed by atoms with van der Waals surface area (Å²) in [6, 6.07) is 2.93. The third-order valence-corrected chi connectivity index (χ3v) is 23.8. The Morgan fingerprint density at radius 1 is 0.404 bits per heavy atom. The third-order valence-electron chi connectivity index (χ3n) is 10.8. The van der Waals surface area contributed by atoms with Crippen molar-refractivity contribution in [2.24, 2.45) is 0 Å². The van der Waals surface area contributed by atoms with Gasteiger partial charge >= 0.3 is 0 Å². The maximum Gasteiger partial charge on any atom is 0.125 e. The molecule has 7 heteroatoms. The van der Waals surface area contributed by atoms with E-state index in [1.54, 1.807) is 39.7 Å². The van der Waals surface area contributed by atoms with Gasteiger partial charge in [0.15, 0.2) is 0 Å². The van der Waals surface area contributed by atoms with Crippen LogP contribution in [0.2, 0.25) is 12.1 Å². The average Bonchev–Trinajstić information content (AvgIpc) is 3.82. The molecule has 0 saturated heterocycles. The number of fused-ring (bicyclic) bond motifs is 7.